The van der Waals surface area contributed by atoms with Gasteiger partial charge in [-0.05, 0) is 48.5 Å². The summed E-state index contributed by atoms with van der Waals surface area (Å²) < 4.78 is 3.96. The second-order valence-electron chi connectivity index (χ2n) is 8.44. The lowest BCUT2D eigenvalue weighted by molar-refractivity contribution is -0.122. The molecule has 0 aliphatic rings. The first kappa shape index (κ1) is 24.9. The molecule has 3 aromatic rings. The lowest BCUT2D eigenvalue weighted by atomic mass is 10.0. The lowest BCUT2D eigenvalue weighted by Gasteiger charge is -2.31. The molecule has 3 rings (SSSR count). The molecule has 0 spiro atoms. The highest BCUT2D eigenvalue weighted by Gasteiger charge is 2.35. The summed E-state index contributed by atoms with van der Waals surface area (Å²) in [5, 5.41) is 2.97. The molecular formula is C25H29N5O3S. The molecule has 0 fully saturated rings. The summed E-state index contributed by atoms with van der Waals surface area (Å²) in [5.74, 6) is -1.27. The van der Waals surface area contributed by atoms with Crippen molar-refractivity contribution in [2.24, 2.45) is 11.7 Å². The first-order valence-electron chi connectivity index (χ1n) is 11.0. The maximum Gasteiger partial charge on any atom is 0.273 e. The van der Waals surface area contributed by atoms with Crippen molar-refractivity contribution in [3.63, 3.8) is 0 Å². The fourth-order valence-corrected chi connectivity index (χ4v) is 4.20. The molecule has 0 aliphatic heterocycles. The summed E-state index contributed by atoms with van der Waals surface area (Å²) in [4.78, 5) is 40.5. The van der Waals surface area contributed by atoms with Crippen LogP contribution in [0.2, 0.25) is 0 Å². The molecule has 2 aromatic carbocycles. The minimum atomic E-state index is -0.971. The van der Waals surface area contributed by atoms with Crippen molar-refractivity contribution >= 4 is 40.6 Å². The van der Waals surface area contributed by atoms with Crippen molar-refractivity contribution in [2.75, 3.05) is 17.2 Å². The van der Waals surface area contributed by atoms with Gasteiger partial charge in [-0.2, -0.15) is 4.37 Å². The predicted octanol–water partition coefficient (Wildman–Crippen LogP) is 3.68. The summed E-state index contributed by atoms with van der Waals surface area (Å²) in [6.07, 6.45) is 0.801. The van der Waals surface area contributed by atoms with Gasteiger partial charge in [0, 0.05) is 12.2 Å². The van der Waals surface area contributed by atoms with Gasteiger partial charge in [0.05, 0.1) is 5.69 Å². The topological polar surface area (TPSA) is 131 Å². The number of nitrogens with zero attached hydrogens (tertiary/aromatic N) is 2. The monoisotopic (exact) mass is 479 g/mol. The van der Waals surface area contributed by atoms with Crippen LogP contribution in [-0.4, -0.2) is 28.6 Å². The number of nitrogens with two attached hydrogens (primary N) is 2. The Labute approximate surface area is 203 Å². The summed E-state index contributed by atoms with van der Waals surface area (Å²) in [5.41, 5.74) is 13.3. The van der Waals surface area contributed by atoms with Gasteiger partial charge < -0.3 is 16.8 Å². The van der Waals surface area contributed by atoms with E-state index in [4.69, 9.17) is 11.5 Å². The average molecular weight is 480 g/mol. The minimum absolute atomic E-state index is 0.0461. The fourth-order valence-electron chi connectivity index (χ4n) is 3.46. The first-order valence-corrected chi connectivity index (χ1v) is 11.8. The van der Waals surface area contributed by atoms with Gasteiger partial charge in [-0.3, -0.25) is 19.3 Å². The molecule has 1 unspecified atom stereocenters. The summed E-state index contributed by atoms with van der Waals surface area (Å²) >= 11 is 0.785. The molecule has 3 amide bonds. The van der Waals surface area contributed by atoms with Crippen molar-refractivity contribution in [3.05, 3.63) is 76.3 Å². The Morgan fingerprint density at radius 3 is 2.26 bits per heavy atom. The highest BCUT2D eigenvalue weighted by molar-refractivity contribution is 7.09. The van der Waals surface area contributed by atoms with Crippen LogP contribution in [0.15, 0.2) is 54.6 Å². The summed E-state index contributed by atoms with van der Waals surface area (Å²) in [6, 6.07) is 15.3. The molecule has 0 saturated heterocycles. The average Bonchev–Trinajstić information content (AvgIpc) is 3.19. The van der Waals surface area contributed by atoms with Crippen LogP contribution in [0, 0.1) is 12.8 Å². The zero-order chi connectivity index (χ0) is 24.8. The van der Waals surface area contributed by atoms with Gasteiger partial charge >= 0.3 is 0 Å². The van der Waals surface area contributed by atoms with Crippen LogP contribution in [-0.2, 0) is 4.79 Å². The standard InChI is InChI=1S/C25H29N5O3S/c1-15(2)13-14-28-24(32)21(17-11-9-16(3)10-12-17)30(18-7-5-4-6-8-18)25(33)22-19(26)20(23(27)31)29-34-22/h4-12,15,21H,13-14,26H2,1-3H3,(H2,27,31)(H,28,32). The second-order valence-corrected chi connectivity index (χ2v) is 9.21. The van der Waals surface area contributed by atoms with Crippen LogP contribution in [0.25, 0.3) is 0 Å². The Morgan fingerprint density at radius 1 is 1.06 bits per heavy atom. The van der Waals surface area contributed by atoms with E-state index in [1.54, 1.807) is 24.3 Å². The predicted molar refractivity (Wildman–Crippen MR) is 135 cm³/mol. The van der Waals surface area contributed by atoms with Crippen LogP contribution in [0.5, 0.6) is 0 Å². The van der Waals surface area contributed by atoms with E-state index in [2.05, 4.69) is 23.5 Å². The molecule has 9 heteroatoms. The van der Waals surface area contributed by atoms with E-state index in [0.717, 1.165) is 23.5 Å². The largest absolute Gasteiger partial charge is 0.395 e. The van der Waals surface area contributed by atoms with E-state index >= 15 is 0 Å². The number of nitrogens with one attached hydrogen (secondary N) is 1. The molecule has 34 heavy (non-hydrogen) atoms. The normalized spacial score (nSPS) is 11.8. The number of rotatable bonds is 9. The third kappa shape index (κ3) is 5.60. The minimum Gasteiger partial charge on any atom is -0.395 e. The van der Waals surface area contributed by atoms with Crippen LogP contribution in [0.3, 0.4) is 0 Å². The third-order valence-corrected chi connectivity index (χ3v) is 6.18. The molecule has 0 bridgehead atoms. The lowest BCUT2D eigenvalue weighted by Crippen LogP contribution is -2.44. The number of aromatic nitrogens is 1. The molecule has 1 aromatic heterocycles. The molecule has 1 atom stereocenters. The van der Waals surface area contributed by atoms with Crippen LogP contribution < -0.4 is 21.7 Å². The van der Waals surface area contributed by atoms with Crippen LogP contribution in [0.1, 0.15) is 57.6 Å². The summed E-state index contributed by atoms with van der Waals surface area (Å²) in [6.45, 7) is 6.58. The van der Waals surface area contributed by atoms with Crippen molar-refractivity contribution in [2.45, 2.75) is 33.2 Å². The number of carbonyl (C=O) groups excluding carboxylic acids is 3. The zero-order valence-electron chi connectivity index (χ0n) is 19.4. The van der Waals surface area contributed by atoms with Gasteiger partial charge in [0.25, 0.3) is 11.8 Å². The number of para-hydroxylation sites is 1. The number of primary amides is 1. The number of carbonyl (C=O) groups is 3. The van der Waals surface area contributed by atoms with Crippen LogP contribution in [0.4, 0.5) is 11.4 Å². The maximum absolute atomic E-state index is 13.9. The van der Waals surface area contributed by atoms with E-state index < -0.39 is 17.9 Å². The molecular weight excluding hydrogens is 450 g/mol. The number of hydrogen-bond donors (Lipinski definition) is 3. The van der Waals surface area contributed by atoms with Gasteiger partial charge in [0.1, 0.15) is 10.9 Å². The van der Waals surface area contributed by atoms with Gasteiger partial charge in [-0.25, -0.2) is 0 Å². The van der Waals surface area contributed by atoms with Gasteiger partial charge in [-0.15, -0.1) is 0 Å². The first-order chi connectivity index (χ1) is 16.2. The number of anilines is 2. The summed E-state index contributed by atoms with van der Waals surface area (Å²) in [7, 11) is 0. The number of benzene rings is 2. The Hall–Kier alpha value is -3.72. The Kier molecular flexibility index (Phi) is 8.01. The molecule has 1 heterocycles. The van der Waals surface area contributed by atoms with Gasteiger partial charge in [0.2, 0.25) is 5.91 Å². The molecule has 8 nitrogen and oxygen atoms in total. The molecule has 0 aliphatic carbocycles. The van der Waals surface area contributed by atoms with E-state index in [9.17, 15) is 14.4 Å². The van der Waals surface area contributed by atoms with E-state index in [1.807, 2.05) is 37.3 Å². The Balaban J connectivity index is 2.12. The number of hydrogen-bond acceptors (Lipinski definition) is 6. The highest BCUT2D eigenvalue weighted by atomic mass is 32.1. The SMILES string of the molecule is Cc1ccc(C(C(=O)NCCC(C)C)N(C(=O)c2snc(C(N)=O)c2N)c2ccccc2)cc1. The van der Waals surface area contributed by atoms with Crippen molar-refractivity contribution < 1.29 is 14.4 Å². The van der Waals surface area contributed by atoms with E-state index in [0.29, 0.717) is 23.7 Å². The van der Waals surface area contributed by atoms with Gasteiger partial charge in [0.15, 0.2) is 5.69 Å². The zero-order valence-corrected chi connectivity index (χ0v) is 20.3. The maximum atomic E-state index is 13.9. The smallest absolute Gasteiger partial charge is 0.273 e. The number of aryl methyl sites for hydroxylation is 1. The third-order valence-electron chi connectivity index (χ3n) is 5.33. The van der Waals surface area contributed by atoms with E-state index in [-0.39, 0.29) is 22.2 Å². The fraction of sp³-hybridized carbons (Fsp3) is 0.280. The molecule has 0 radical (unpaired) electrons. The molecule has 178 valence electrons. The van der Waals surface area contributed by atoms with Crippen molar-refractivity contribution in [3.8, 4) is 0 Å². The number of amides is 3. The number of nitrogen functional groups attached to an aromatic ring is 1. The van der Waals surface area contributed by atoms with Crippen LogP contribution >= 0.6 is 11.5 Å². The molecule has 5 N–H and O–H groups in total. The van der Waals surface area contributed by atoms with Crippen molar-refractivity contribution in [1.82, 2.24) is 9.69 Å². The van der Waals surface area contributed by atoms with Crippen molar-refractivity contribution in [1.29, 1.82) is 0 Å². The van der Waals surface area contributed by atoms with Gasteiger partial charge in [-0.1, -0.05) is 61.9 Å². The Bertz CT molecular complexity index is 1160. The second kappa shape index (κ2) is 10.9. The quantitative estimate of drug-likeness (QED) is 0.431. The highest BCUT2D eigenvalue weighted by Crippen LogP contribution is 2.33. The molecule has 0 saturated carbocycles. The van der Waals surface area contributed by atoms with E-state index in [1.165, 1.54) is 4.90 Å². The Morgan fingerprint density at radius 2 is 1.71 bits per heavy atom.